The lowest BCUT2D eigenvalue weighted by Gasteiger charge is -2.13. The third kappa shape index (κ3) is 4.35. The molecule has 8 nitrogen and oxygen atoms in total. The molecule has 1 unspecified atom stereocenters. The van der Waals surface area contributed by atoms with Crippen molar-refractivity contribution in [2.45, 2.75) is 19.0 Å². The maximum atomic E-state index is 12.7. The second kappa shape index (κ2) is 8.27. The summed E-state index contributed by atoms with van der Waals surface area (Å²) in [6.07, 6.45) is 3.83. The molecule has 1 N–H and O–H groups in total. The standard InChI is InChI=1S/C21H22N4O4S/c1-29-18-6-4-16(5-7-18)20-11-19(21(26)23-13-15-3-2-9-22-12-15)24-25(20)17-8-10-30(27,28)14-17/h2-7,9,11-12,17H,8,10,13-14H2,1H3,(H,23,26). The Labute approximate surface area is 174 Å². The topological polar surface area (TPSA) is 103 Å². The second-order valence-electron chi connectivity index (χ2n) is 7.19. The highest BCUT2D eigenvalue weighted by Crippen LogP contribution is 2.31. The Morgan fingerprint density at radius 2 is 2.07 bits per heavy atom. The molecular weight excluding hydrogens is 404 g/mol. The van der Waals surface area contributed by atoms with E-state index >= 15 is 0 Å². The molecule has 30 heavy (non-hydrogen) atoms. The fourth-order valence-corrected chi connectivity index (χ4v) is 5.20. The highest BCUT2D eigenvalue weighted by molar-refractivity contribution is 7.91. The number of nitrogens with one attached hydrogen (secondary N) is 1. The van der Waals surface area contributed by atoms with Gasteiger partial charge in [-0.1, -0.05) is 6.07 Å². The summed E-state index contributed by atoms with van der Waals surface area (Å²) in [6, 6.07) is 12.5. The molecule has 1 aliphatic heterocycles. The maximum Gasteiger partial charge on any atom is 0.272 e. The van der Waals surface area contributed by atoms with Crippen LogP contribution in [0.15, 0.2) is 54.9 Å². The molecule has 3 aromatic rings. The first-order valence-corrected chi connectivity index (χ1v) is 11.4. The van der Waals surface area contributed by atoms with Gasteiger partial charge in [0.05, 0.1) is 30.4 Å². The average molecular weight is 426 g/mol. The average Bonchev–Trinajstić information content (AvgIpc) is 3.36. The van der Waals surface area contributed by atoms with Gasteiger partial charge in [0.15, 0.2) is 15.5 Å². The fraction of sp³-hybridized carbons (Fsp3) is 0.286. The molecule has 0 bridgehead atoms. The van der Waals surface area contributed by atoms with E-state index in [1.807, 2.05) is 30.3 Å². The zero-order valence-corrected chi connectivity index (χ0v) is 17.3. The molecule has 9 heteroatoms. The highest BCUT2D eigenvalue weighted by Gasteiger charge is 2.32. The number of amides is 1. The molecular formula is C21H22N4O4S. The summed E-state index contributed by atoms with van der Waals surface area (Å²) >= 11 is 0. The molecule has 0 aliphatic carbocycles. The number of carbonyl (C=O) groups excluding carboxylic acids is 1. The largest absolute Gasteiger partial charge is 0.497 e. The smallest absolute Gasteiger partial charge is 0.272 e. The number of sulfone groups is 1. The van der Waals surface area contributed by atoms with E-state index in [9.17, 15) is 13.2 Å². The van der Waals surface area contributed by atoms with E-state index in [0.717, 1.165) is 11.1 Å². The zero-order valence-electron chi connectivity index (χ0n) is 16.5. The van der Waals surface area contributed by atoms with Gasteiger partial charge in [-0.15, -0.1) is 0 Å². The number of benzene rings is 1. The predicted molar refractivity (Wildman–Crippen MR) is 112 cm³/mol. The zero-order chi connectivity index (χ0) is 21.1. The van der Waals surface area contributed by atoms with E-state index in [1.54, 1.807) is 36.3 Å². The summed E-state index contributed by atoms with van der Waals surface area (Å²) in [5.74, 6) is 0.535. The van der Waals surface area contributed by atoms with Gasteiger partial charge in [-0.2, -0.15) is 5.10 Å². The number of methoxy groups -OCH3 is 1. The van der Waals surface area contributed by atoms with Crippen LogP contribution in [-0.4, -0.2) is 47.7 Å². The van der Waals surface area contributed by atoms with Crippen LogP contribution in [0.1, 0.15) is 28.5 Å². The van der Waals surface area contributed by atoms with E-state index in [1.165, 1.54) is 0 Å². The van der Waals surface area contributed by atoms with E-state index in [4.69, 9.17) is 4.74 Å². The van der Waals surface area contributed by atoms with Gasteiger partial charge in [0.1, 0.15) is 5.75 Å². The lowest BCUT2D eigenvalue weighted by Crippen LogP contribution is -2.24. The third-order valence-corrected chi connectivity index (χ3v) is 6.83. The number of carbonyl (C=O) groups is 1. The van der Waals surface area contributed by atoms with Gasteiger partial charge in [-0.25, -0.2) is 8.42 Å². The minimum atomic E-state index is -3.10. The van der Waals surface area contributed by atoms with Crippen molar-refractivity contribution < 1.29 is 17.9 Å². The molecule has 4 rings (SSSR count). The molecule has 0 saturated carbocycles. The summed E-state index contributed by atoms with van der Waals surface area (Å²) in [6.45, 7) is 0.329. The van der Waals surface area contributed by atoms with Crippen molar-refractivity contribution in [2.24, 2.45) is 0 Å². The van der Waals surface area contributed by atoms with E-state index in [-0.39, 0.29) is 29.1 Å². The number of hydrogen-bond acceptors (Lipinski definition) is 6. The van der Waals surface area contributed by atoms with E-state index in [0.29, 0.717) is 24.4 Å². The minimum Gasteiger partial charge on any atom is -0.497 e. The SMILES string of the molecule is COc1ccc(-c2cc(C(=O)NCc3cccnc3)nn2C2CCS(=O)(=O)C2)cc1. The Balaban J connectivity index is 1.63. The normalized spacial score (nSPS) is 17.6. The van der Waals surface area contributed by atoms with Crippen LogP contribution in [0.3, 0.4) is 0 Å². The molecule has 1 amide bonds. The van der Waals surface area contributed by atoms with Crippen molar-refractivity contribution in [3.8, 4) is 17.0 Å². The van der Waals surface area contributed by atoms with E-state index in [2.05, 4.69) is 15.4 Å². The summed E-state index contributed by atoms with van der Waals surface area (Å²) in [4.78, 5) is 16.7. The van der Waals surface area contributed by atoms with Crippen LogP contribution < -0.4 is 10.1 Å². The number of nitrogens with zero attached hydrogens (tertiary/aromatic N) is 3. The summed E-state index contributed by atoms with van der Waals surface area (Å²) < 4.78 is 30.9. The van der Waals surface area contributed by atoms with Crippen molar-refractivity contribution in [3.05, 3.63) is 66.1 Å². The molecule has 156 valence electrons. The quantitative estimate of drug-likeness (QED) is 0.648. The molecule has 3 heterocycles. The Kier molecular flexibility index (Phi) is 5.54. The van der Waals surface area contributed by atoms with Crippen molar-refractivity contribution in [3.63, 3.8) is 0 Å². The number of rotatable bonds is 6. The van der Waals surface area contributed by atoms with E-state index < -0.39 is 9.84 Å². The second-order valence-corrected chi connectivity index (χ2v) is 9.42. The maximum absolute atomic E-state index is 12.7. The summed E-state index contributed by atoms with van der Waals surface area (Å²) in [5.41, 5.74) is 2.65. The van der Waals surface area contributed by atoms with Gasteiger partial charge in [0.25, 0.3) is 5.91 Å². The number of pyridine rings is 1. The molecule has 1 aromatic carbocycles. The molecule has 1 atom stereocenters. The molecule has 0 radical (unpaired) electrons. The molecule has 1 saturated heterocycles. The summed E-state index contributed by atoms with van der Waals surface area (Å²) in [5, 5.41) is 7.32. The first-order chi connectivity index (χ1) is 14.4. The first-order valence-electron chi connectivity index (χ1n) is 9.57. The van der Waals surface area contributed by atoms with Crippen LogP contribution in [0.4, 0.5) is 0 Å². The first kappa shape index (κ1) is 20.1. The van der Waals surface area contributed by atoms with Gasteiger partial charge in [-0.3, -0.25) is 14.5 Å². The number of hydrogen-bond donors (Lipinski definition) is 1. The molecule has 0 spiro atoms. The van der Waals surface area contributed by atoms with Crippen LogP contribution in [0, 0.1) is 0 Å². The monoisotopic (exact) mass is 426 g/mol. The van der Waals surface area contributed by atoms with Gasteiger partial charge in [-0.05, 0) is 48.4 Å². The number of ether oxygens (including phenoxy) is 1. The molecule has 1 aliphatic rings. The van der Waals surface area contributed by atoms with Gasteiger partial charge < -0.3 is 10.1 Å². The Morgan fingerprint density at radius 3 is 2.70 bits per heavy atom. The van der Waals surface area contributed by atoms with Crippen molar-refractivity contribution >= 4 is 15.7 Å². The third-order valence-electron chi connectivity index (χ3n) is 5.08. The predicted octanol–water partition coefficient (Wildman–Crippen LogP) is 2.24. The van der Waals surface area contributed by atoms with Gasteiger partial charge in [0.2, 0.25) is 0 Å². The van der Waals surface area contributed by atoms with Crippen molar-refractivity contribution in [1.82, 2.24) is 20.1 Å². The fourth-order valence-electron chi connectivity index (χ4n) is 3.50. The van der Waals surface area contributed by atoms with Gasteiger partial charge >= 0.3 is 0 Å². The Morgan fingerprint density at radius 1 is 1.27 bits per heavy atom. The van der Waals surface area contributed by atoms with Gasteiger partial charge in [0, 0.05) is 24.5 Å². The molecule has 2 aromatic heterocycles. The van der Waals surface area contributed by atoms with Crippen LogP contribution in [-0.2, 0) is 16.4 Å². The van der Waals surface area contributed by atoms with Crippen molar-refractivity contribution in [1.29, 1.82) is 0 Å². The Hall–Kier alpha value is -3.20. The van der Waals surface area contributed by atoms with Crippen LogP contribution in [0.5, 0.6) is 5.75 Å². The van der Waals surface area contributed by atoms with Crippen molar-refractivity contribution in [2.75, 3.05) is 18.6 Å². The van der Waals surface area contributed by atoms with Crippen LogP contribution in [0.2, 0.25) is 0 Å². The number of aromatic nitrogens is 3. The van der Waals surface area contributed by atoms with Crippen LogP contribution >= 0.6 is 0 Å². The highest BCUT2D eigenvalue weighted by atomic mass is 32.2. The lowest BCUT2D eigenvalue weighted by atomic mass is 10.1. The Bertz CT molecular complexity index is 1140. The minimum absolute atomic E-state index is 0.0224. The van der Waals surface area contributed by atoms with Crippen LogP contribution in [0.25, 0.3) is 11.3 Å². The molecule has 1 fully saturated rings. The lowest BCUT2D eigenvalue weighted by molar-refractivity contribution is 0.0945. The summed E-state index contributed by atoms with van der Waals surface area (Å²) in [7, 11) is -1.51.